The SMILES string of the molecule is CC/C=C\C/C=C\C/C=C\CCCCCCCCCCOCC(COC1OC(CO)C(O)C(O)C1O)OC(=O)CCCCCC. The third-order valence-corrected chi connectivity index (χ3v) is 7.82. The lowest BCUT2D eigenvalue weighted by Crippen LogP contribution is -2.59. The average Bonchev–Trinajstić information content (AvgIpc) is 3.04. The summed E-state index contributed by atoms with van der Waals surface area (Å²) in [5.74, 6) is -0.337. The summed E-state index contributed by atoms with van der Waals surface area (Å²) < 4.78 is 22.4. The maximum absolute atomic E-state index is 12.4. The molecule has 1 aliphatic heterocycles. The Bertz CT molecular complexity index is 782. The maximum atomic E-state index is 12.4. The average molecular weight is 641 g/mol. The molecular formula is C36H64O9. The lowest BCUT2D eigenvalue weighted by molar-refractivity contribution is -0.305. The minimum atomic E-state index is -1.53. The molecule has 1 saturated heterocycles. The first-order valence-electron chi connectivity index (χ1n) is 17.6. The number of esters is 1. The molecule has 0 bridgehead atoms. The maximum Gasteiger partial charge on any atom is 0.306 e. The molecule has 262 valence electrons. The number of aliphatic hydroxyl groups excluding tert-OH is 4. The zero-order valence-electron chi connectivity index (χ0n) is 28.1. The van der Waals surface area contributed by atoms with E-state index in [0.717, 1.165) is 64.2 Å². The van der Waals surface area contributed by atoms with Crippen LogP contribution in [-0.4, -0.2) is 89.6 Å². The highest BCUT2D eigenvalue weighted by Crippen LogP contribution is 2.22. The Hall–Kier alpha value is -1.59. The van der Waals surface area contributed by atoms with Gasteiger partial charge in [-0.2, -0.15) is 0 Å². The summed E-state index contributed by atoms with van der Waals surface area (Å²) in [6, 6.07) is 0. The van der Waals surface area contributed by atoms with Crippen LogP contribution in [0.1, 0.15) is 123 Å². The number of unbranched alkanes of at least 4 members (excludes halogenated alkanes) is 11. The Labute approximate surface area is 272 Å². The number of hydrogen-bond acceptors (Lipinski definition) is 9. The summed E-state index contributed by atoms with van der Waals surface area (Å²) >= 11 is 0. The van der Waals surface area contributed by atoms with Gasteiger partial charge in [0, 0.05) is 13.0 Å². The van der Waals surface area contributed by atoms with E-state index in [-0.39, 0.29) is 19.2 Å². The summed E-state index contributed by atoms with van der Waals surface area (Å²) in [5, 5.41) is 39.6. The fourth-order valence-corrected chi connectivity index (χ4v) is 5.03. The van der Waals surface area contributed by atoms with Crippen molar-refractivity contribution in [2.45, 2.75) is 160 Å². The molecule has 45 heavy (non-hydrogen) atoms. The predicted octanol–water partition coefficient (Wildman–Crippen LogP) is 6.07. The molecule has 4 N–H and O–H groups in total. The second kappa shape index (κ2) is 28.6. The lowest BCUT2D eigenvalue weighted by Gasteiger charge is -2.39. The third kappa shape index (κ3) is 21.0. The van der Waals surface area contributed by atoms with Crippen molar-refractivity contribution in [1.82, 2.24) is 0 Å². The molecule has 1 heterocycles. The molecule has 0 aromatic heterocycles. The highest BCUT2D eigenvalue weighted by Gasteiger charge is 2.44. The number of carbonyl (C=O) groups is 1. The standard InChI is InChI=1S/C36H64O9/c1-3-5-7-9-10-11-12-13-14-15-16-17-18-19-20-21-22-24-26-42-28-30(44-32(38)25-23-8-6-4-2)29-43-36-35(41)34(40)33(39)31(27-37)45-36/h5,7,10-11,13-14,30-31,33-37,39-41H,3-4,6,8-9,12,15-29H2,1-2H3/b7-5-,11-10-,14-13-. The van der Waals surface area contributed by atoms with Gasteiger partial charge in [0.2, 0.25) is 0 Å². The van der Waals surface area contributed by atoms with Crippen LogP contribution in [0.5, 0.6) is 0 Å². The molecule has 0 saturated carbocycles. The number of ether oxygens (including phenoxy) is 4. The van der Waals surface area contributed by atoms with Gasteiger partial charge in [0.05, 0.1) is 19.8 Å². The second-order valence-electron chi connectivity index (χ2n) is 11.9. The first-order valence-corrected chi connectivity index (χ1v) is 17.6. The van der Waals surface area contributed by atoms with Crippen LogP contribution in [0.3, 0.4) is 0 Å². The van der Waals surface area contributed by atoms with Gasteiger partial charge >= 0.3 is 5.97 Å². The Morgan fingerprint density at radius 1 is 0.733 bits per heavy atom. The Kier molecular flexibility index (Phi) is 26.3. The number of allylic oxidation sites excluding steroid dienone is 6. The molecule has 9 heteroatoms. The largest absolute Gasteiger partial charge is 0.457 e. The number of hydrogen-bond donors (Lipinski definition) is 4. The van der Waals surface area contributed by atoms with E-state index in [1.165, 1.54) is 38.5 Å². The molecule has 0 radical (unpaired) electrons. The van der Waals surface area contributed by atoms with Gasteiger partial charge in [0.1, 0.15) is 30.5 Å². The topological polar surface area (TPSA) is 135 Å². The van der Waals surface area contributed by atoms with Crippen molar-refractivity contribution in [3.8, 4) is 0 Å². The van der Waals surface area contributed by atoms with Crippen LogP contribution in [0.25, 0.3) is 0 Å². The van der Waals surface area contributed by atoms with E-state index < -0.39 is 43.4 Å². The summed E-state index contributed by atoms with van der Waals surface area (Å²) in [4.78, 5) is 12.4. The van der Waals surface area contributed by atoms with Crippen molar-refractivity contribution in [1.29, 1.82) is 0 Å². The van der Waals surface area contributed by atoms with Crippen molar-refractivity contribution >= 4 is 5.97 Å². The van der Waals surface area contributed by atoms with E-state index in [4.69, 9.17) is 18.9 Å². The van der Waals surface area contributed by atoms with Gasteiger partial charge in [-0.15, -0.1) is 0 Å². The molecule has 0 aromatic carbocycles. The molecular weight excluding hydrogens is 576 g/mol. The van der Waals surface area contributed by atoms with E-state index in [9.17, 15) is 25.2 Å². The molecule has 0 aromatic rings. The van der Waals surface area contributed by atoms with Gasteiger partial charge in [-0.1, -0.05) is 108 Å². The van der Waals surface area contributed by atoms with Crippen LogP contribution < -0.4 is 0 Å². The molecule has 0 amide bonds. The quantitative estimate of drug-likeness (QED) is 0.0457. The summed E-state index contributed by atoms with van der Waals surface area (Å²) in [6.45, 7) is 4.28. The Morgan fingerprint density at radius 2 is 1.36 bits per heavy atom. The normalized spacial score (nSPS) is 23.0. The van der Waals surface area contributed by atoms with Crippen molar-refractivity contribution in [3.63, 3.8) is 0 Å². The summed E-state index contributed by atoms with van der Waals surface area (Å²) in [7, 11) is 0. The van der Waals surface area contributed by atoms with E-state index in [1.54, 1.807) is 0 Å². The zero-order valence-corrected chi connectivity index (χ0v) is 28.1. The van der Waals surface area contributed by atoms with Gasteiger partial charge in [-0.25, -0.2) is 0 Å². The fraction of sp³-hybridized carbons (Fsp3) is 0.806. The van der Waals surface area contributed by atoms with Crippen LogP contribution in [0, 0.1) is 0 Å². The first-order chi connectivity index (χ1) is 21.9. The van der Waals surface area contributed by atoms with Crippen LogP contribution in [0.4, 0.5) is 0 Å². The molecule has 1 rings (SSSR count). The highest BCUT2D eigenvalue weighted by molar-refractivity contribution is 5.69. The number of aliphatic hydroxyl groups is 4. The van der Waals surface area contributed by atoms with Crippen molar-refractivity contribution < 1.29 is 44.2 Å². The molecule has 9 nitrogen and oxygen atoms in total. The number of rotatable bonds is 28. The third-order valence-electron chi connectivity index (χ3n) is 7.82. The fourth-order valence-electron chi connectivity index (χ4n) is 5.03. The molecule has 0 spiro atoms. The predicted molar refractivity (Wildman–Crippen MR) is 178 cm³/mol. The number of carbonyl (C=O) groups excluding carboxylic acids is 1. The molecule has 6 atom stereocenters. The van der Waals surface area contributed by atoms with Crippen LogP contribution in [-0.2, 0) is 23.7 Å². The Morgan fingerprint density at radius 3 is 2.02 bits per heavy atom. The minimum absolute atomic E-state index is 0.118. The monoisotopic (exact) mass is 640 g/mol. The smallest absolute Gasteiger partial charge is 0.306 e. The molecule has 6 unspecified atom stereocenters. The molecule has 1 aliphatic rings. The van der Waals surface area contributed by atoms with Gasteiger partial charge in [0.15, 0.2) is 6.29 Å². The van der Waals surface area contributed by atoms with Crippen molar-refractivity contribution in [2.75, 3.05) is 26.4 Å². The highest BCUT2D eigenvalue weighted by atomic mass is 16.7. The van der Waals surface area contributed by atoms with Crippen LogP contribution in [0.2, 0.25) is 0 Å². The molecule has 1 fully saturated rings. The van der Waals surface area contributed by atoms with Crippen molar-refractivity contribution in [3.05, 3.63) is 36.5 Å². The molecule has 0 aliphatic carbocycles. The Balaban J connectivity index is 2.22. The summed E-state index contributed by atoms with van der Waals surface area (Å²) in [6.07, 6.45) is 23.7. The van der Waals surface area contributed by atoms with Gasteiger partial charge < -0.3 is 39.4 Å². The summed E-state index contributed by atoms with van der Waals surface area (Å²) in [5.41, 5.74) is 0. The van der Waals surface area contributed by atoms with E-state index >= 15 is 0 Å². The van der Waals surface area contributed by atoms with Crippen molar-refractivity contribution in [2.24, 2.45) is 0 Å². The first kappa shape index (κ1) is 41.4. The van der Waals surface area contributed by atoms with Crippen LogP contribution in [0.15, 0.2) is 36.5 Å². The minimum Gasteiger partial charge on any atom is -0.457 e. The van der Waals surface area contributed by atoms with E-state index in [2.05, 4.69) is 50.3 Å². The lowest BCUT2D eigenvalue weighted by atomic mass is 9.99. The van der Waals surface area contributed by atoms with Gasteiger partial charge in [0.25, 0.3) is 0 Å². The van der Waals surface area contributed by atoms with E-state index in [1.807, 2.05) is 0 Å². The van der Waals surface area contributed by atoms with Crippen LogP contribution >= 0.6 is 0 Å². The van der Waals surface area contributed by atoms with E-state index in [0.29, 0.717) is 13.0 Å². The second-order valence-corrected chi connectivity index (χ2v) is 11.9. The van der Waals surface area contributed by atoms with Gasteiger partial charge in [-0.05, 0) is 44.9 Å². The zero-order chi connectivity index (χ0) is 33.0. The van der Waals surface area contributed by atoms with Gasteiger partial charge in [-0.3, -0.25) is 4.79 Å².